The first kappa shape index (κ1) is 21.5. The van der Waals surface area contributed by atoms with Crippen molar-refractivity contribution in [3.8, 4) is 5.88 Å². The first-order valence-corrected chi connectivity index (χ1v) is 11.2. The Morgan fingerprint density at radius 3 is 2.52 bits per heavy atom. The molecule has 0 saturated carbocycles. The molecule has 1 aromatic heterocycles. The maximum absolute atomic E-state index is 12.9. The number of carbonyl (C=O) groups is 1. The maximum atomic E-state index is 12.9. The summed E-state index contributed by atoms with van der Waals surface area (Å²) in [5.41, 5.74) is 0.494. The van der Waals surface area contributed by atoms with E-state index in [-0.39, 0.29) is 29.5 Å². The molecule has 2 aliphatic heterocycles. The van der Waals surface area contributed by atoms with Crippen LogP contribution in [0.1, 0.15) is 26.2 Å². The summed E-state index contributed by atoms with van der Waals surface area (Å²) >= 11 is 0. The van der Waals surface area contributed by atoms with E-state index in [1.54, 1.807) is 11.9 Å². The number of amides is 2. The fourth-order valence-corrected chi connectivity index (χ4v) is 4.95. The number of hydrogen-bond donors (Lipinski definition) is 0. The van der Waals surface area contributed by atoms with E-state index in [2.05, 4.69) is 4.98 Å². The van der Waals surface area contributed by atoms with Crippen LogP contribution in [0.5, 0.6) is 5.88 Å². The standard InChI is InChI=1S/C19H27FN4O4S/c1-3-15(12-20)14-28-18-5-4-17(13-21-18)29(26,27)23-8-6-16(7-9-23)24-11-10-22(2)19(24)25/h4-5,12-13,16H,3,6-11,14H2,1-2H3/b15-12-. The lowest BCUT2D eigenvalue weighted by Gasteiger charge is -2.35. The largest absolute Gasteiger partial charge is 0.473 e. The number of nitrogens with zero attached hydrogens (tertiary/aromatic N) is 4. The minimum atomic E-state index is -3.66. The van der Waals surface area contributed by atoms with Crippen molar-refractivity contribution >= 4 is 16.1 Å². The Morgan fingerprint density at radius 2 is 2.00 bits per heavy atom. The van der Waals surface area contributed by atoms with Crippen molar-refractivity contribution in [2.45, 2.75) is 37.1 Å². The van der Waals surface area contributed by atoms with Crippen LogP contribution in [0.2, 0.25) is 0 Å². The number of ether oxygens (including phenoxy) is 1. The smallest absolute Gasteiger partial charge is 0.320 e. The monoisotopic (exact) mass is 426 g/mol. The third-order valence-corrected chi connectivity index (χ3v) is 7.36. The van der Waals surface area contributed by atoms with E-state index >= 15 is 0 Å². The van der Waals surface area contributed by atoms with Crippen LogP contribution in [0.4, 0.5) is 9.18 Å². The number of halogens is 1. The molecule has 0 radical (unpaired) electrons. The van der Waals surface area contributed by atoms with Crippen molar-refractivity contribution in [2.75, 3.05) is 39.8 Å². The van der Waals surface area contributed by atoms with Gasteiger partial charge in [-0.15, -0.1) is 0 Å². The summed E-state index contributed by atoms with van der Waals surface area (Å²) in [5.74, 6) is 0.243. The van der Waals surface area contributed by atoms with Crippen LogP contribution in [0, 0.1) is 0 Å². The molecule has 0 atom stereocenters. The third-order valence-electron chi connectivity index (χ3n) is 5.47. The van der Waals surface area contributed by atoms with E-state index in [4.69, 9.17) is 4.74 Å². The van der Waals surface area contributed by atoms with Gasteiger partial charge in [0, 0.05) is 45.3 Å². The molecule has 2 amide bonds. The third kappa shape index (κ3) is 4.69. The van der Waals surface area contributed by atoms with Gasteiger partial charge in [-0.05, 0) is 30.9 Å². The minimum Gasteiger partial charge on any atom is -0.473 e. The van der Waals surface area contributed by atoms with Crippen LogP contribution < -0.4 is 4.74 Å². The van der Waals surface area contributed by atoms with Crippen LogP contribution in [0.3, 0.4) is 0 Å². The molecular formula is C19H27FN4O4S. The van der Waals surface area contributed by atoms with Gasteiger partial charge < -0.3 is 14.5 Å². The Morgan fingerprint density at radius 1 is 1.28 bits per heavy atom. The fourth-order valence-electron chi connectivity index (χ4n) is 3.53. The van der Waals surface area contributed by atoms with Crippen molar-refractivity contribution in [2.24, 2.45) is 0 Å². The van der Waals surface area contributed by atoms with E-state index in [0.717, 1.165) is 0 Å². The van der Waals surface area contributed by atoms with Crippen molar-refractivity contribution in [1.29, 1.82) is 0 Å². The van der Waals surface area contributed by atoms with E-state index < -0.39 is 10.0 Å². The number of pyridine rings is 1. The summed E-state index contributed by atoms with van der Waals surface area (Å²) in [6.07, 6.45) is 3.53. The van der Waals surface area contributed by atoms with Gasteiger partial charge in [-0.25, -0.2) is 22.6 Å². The zero-order valence-corrected chi connectivity index (χ0v) is 17.6. The summed E-state index contributed by atoms with van der Waals surface area (Å²) in [5, 5.41) is 0. The van der Waals surface area contributed by atoms with Crippen molar-refractivity contribution < 1.29 is 22.3 Å². The van der Waals surface area contributed by atoms with Crippen LogP contribution >= 0.6 is 0 Å². The molecule has 2 fully saturated rings. The highest BCUT2D eigenvalue weighted by Gasteiger charge is 2.36. The van der Waals surface area contributed by atoms with Gasteiger partial charge in [0.05, 0.1) is 12.5 Å². The summed E-state index contributed by atoms with van der Waals surface area (Å²) in [4.78, 5) is 19.8. The molecule has 2 saturated heterocycles. The highest BCUT2D eigenvalue weighted by Crippen LogP contribution is 2.25. The van der Waals surface area contributed by atoms with Crippen LogP contribution in [-0.2, 0) is 10.0 Å². The highest BCUT2D eigenvalue weighted by atomic mass is 32.2. The average molecular weight is 427 g/mol. The normalized spacial score (nSPS) is 19.8. The van der Waals surface area contributed by atoms with Gasteiger partial charge in [0.15, 0.2) is 0 Å². The number of hydrogen-bond acceptors (Lipinski definition) is 5. The molecule has 160 valence electrons. The minimum absolute atomic E-state index is 0.0138. The predicted octanol–water partition coefficient (Wildman–Crippen LogP) is 2.24. The first-order chi connectivity index (χ1) is 13.9. The van der Waals surface area contributed by atoms with Crippen LogP contribution in [0.25, 0.3) is 0 Å². The van der Waals surface area contributed by atoms with Crippen LogP contribution in [0.15, 0.2) is 35.1 Å². The van der Waals surface area contributed by atoms with Crippen molar-refractivity contribution in [3.63, 3.8) is 0 Å². The number of urea groups is 1. The predicted molar refractivity (Wildman–Crippen MR) is 106 cm³/mol. The molecule has 0 unspecified atom stereocenters. The Hall–Kier alpha value is -2.20. The maximum Gasteiger partial charge on any atom is 0.320 e. The molecule has 3 rings (SSSR count). The molecule has 29 heavy (non-hydrogen) atoms. The van der Waals surface area contributed by atoms with Gasteiger partial charge in [0.1, 0.15) is 11.5 Å². The van der Waals surface area contributed by atoms with Gasteiger partial charge in [-0.1, -0.05) is 6.92 Å². The lowest BCUT2D eigenvalue weighted by Crippen LogP contribution is -2.47. The van der Waals surface area contributed by atoms with E-state index in [0.29, 0.717) is 57.3 Å². The fraction of sp³-hybridized carbons (Fsp3) is 0.579. The van der Waals surface area contributed by atoms with Gasteiger partial charge in [-0.3, -0.25) is 0 Å². The molecule has 2 aliphatic rings. The van der Waals surface area contributed by atoms with E-state index in [1.807, 2.05) is 11.8 Å². The van der Waals surface area contributed by atoms with E-state index in [1.165, 1.54) is 22.6 Å². The van der Waals surface area contributed by atoms with E-state index in [9.17, 15) is 17.6 Å². The lowest BCUT2D eigenvalue weighted by molar-refractivity contribution is 0.158. The number of piperidine rings is 1. The molecular weight excluding hydrogens is 399 g/mol. The Balaban J connectivity index is 1.59. The molecule has 0 aliphatic carbocycles. The second-order valence-corrected chi connectivity index (χ2v) is 9.21. The van der Waals surface area contributed by atoms with Crippen LogP contribution in [-0.4, -0.2) is 79.4 Å². The lowest BCUT2D eigenvalue weighted by atomic mass is 10.1. The summed E-state index contributed by atoms with van der Waals surface area (Å²) in [7, 11) is -1.88. The quantitative estimate of drug-likeness (QED) is 0.668. The number of aromatic nitrogens is 1. The van der Waals surface area contributed by atoms with Gasteiger partial charge in [0.25, 0.3) is 0 Å². The molecule has 0 aromatic carbocycles. The average Bonchev–Trinajstić information content (AvgIpc) is 3.08. The van der Waals surface area contributed by atoms with Gasteiger partial charge >= 0.3 is 6.03 Å². The molecule has 0 spiro atoms. The summed E-state index contributed by atoms with van der Waals surface area (Å²) in [6.45, 7) is 4.01. The second-order valence-electron chi connectivity index (χ2n) is 7.27. The Kier molecular flexibility index (Phi) is 6.74. The Bertz CT molecular complexity index is 851. The summed E-state index contributed by atoms with van der Waals surface area (Å²) in [6, 6.07) is 3.02. The van der Waals surface area contributed by atoms with Gasteiger partial charge in [-0.2, -0.15) is 4.31 Å². The topological polar surface area (TPSA) is 83.1 Å². The zero-order chi connectivity index (χ0) is 21.0. The second kappa shape index (κ2) is 9.08. The highest BCUT2D eigenvalue weighted by molar-refractivity contribution is 7.89. The number of sulfonamides is 1. The zero-order valence-electron chi connectivity index (χ0n) is 16.8. The van der Waals surface area contributed by atoms with Crippen molar-refractivity contribution in [1.82, 2.24) is 19.1 Å². The summed E-state index contributed by atoms with van der Waals surface area (Å²) < 4.78 is 45.2. The molecule has 8 nitrogen and oxygen atoms in total. The van der Waals surface area contributed by atoms with Gasteiger partial charge in [0.2, 0.25) is 15.9 Å². The molecule has 3 heterocycles. The number of likely N-dealkylation sites (N-methyl/N-ethyl adjacent to an activating group) is 1. The molecule has 10 heteroatoms. The molecule has 0 bridgehead atoms. The number of rotatable bonds is 7. The number of carbonyl (C=O) groups excluding carboxylic acids is 1. The SMILES string of the molecule is CC/C(=C/F)COc1ccc(S(=O)(=O)N2CCC(N3CCN(C)C3=O)CC2)cn1. The molecule has 0 N–H and O–H groups in total. The first-order valence-electron chi connectivity index (χ1n) is 9.75. The Labute approximate surface area is 171 Å². The van der Waals surface area contributed by atoms with Crippen molar-refractivity contribution in [3.05, 3.63) is 30.2 Å². The molecule has 1 aromatic rings.